The molecule has 0 fully saturated rings. The van der Waals surface area contributed by atoms with Gasteiger partial charge in [-0.3, -0.25) is 0 Å². The average molecular weight is 316 g/mol. The number of nitrogens with two attached hydrogens (primary N) is 1. The molecule has 0 aromatic heterocycles. The molecule has 1 unspecified atom stereocenters. The Labute approximate surface area is 104 Å². The van der Waals surface area contributed by atoms with Gasteiger partial charge in [0.2, 0.25) is 0 Å². The molecular weight excluding hydrogens is 306 g/mol. The van der Waals surface area contributed by atoms with Gasteiger partial charge >= 0.3 is 0 Å². The Morgan fingerprint density at radius 3 is 2.29 bits per heavy atom. The minimum Gasteiger partial charge on any atom is -0.390 e. The largest absolute Gasteiger partial charge is 0.390 e. The van der Waals surface area contributed by atoms with Crippen molar-refractivity contribution in [3.05, 3.63) is 33.8 Å². The number of aliphatic hydroxyl groups excluding tert-OH is 1. The zero-order valence-electron chi connectivity index (χ0n) is 8.78. The summed E-state index contributed by atoms with van der Waals surface area (Å²) in [7, 11) is 0. The Kier molecular flexibility index (Phi) is 3.85. The van der Waals surface area contributed by atoms with E-state index in [1.807, 2.05) is 0 Å². The minimum absolute atomic E-state index is 0.181. The van der Waals surface area contributed by atoms with Gasteiger partial charge in [-0.25, -0.2) is 17.6 Å². The topological polar surface area (TPSA) is 46.2 Å². The van der Waals surface area contributed by atoms with E-state index < -0.39 is 35.3 Å². The maximum Gasteiger partial charge on any atom is 0.292 e. The van der Waals surface area contributed by atoms with Gasteiger partial charge in [0.25, 0.3) is 5.92 Å². The minimum atomic E-state index is -3.73. The van der Waals surface area contributed by atoms with Crippen LogP contribution in [0, 0.1) is 11.6 Å². The van der Waals surface area contributed by atoms with Gasteiger partial charge in [0, 0.05) is 11.6 Å². The van der Waals surface area contributed by atoms with Crippen LogP contribution in [-0.4, -0.2) is 17.6 Å². The molecule has 2 nitrogen and oxygen atoms in total. The van der Waals surface area contributed by atoms with Crippen LogP contribution in [0.2, 0.25) is 0 Å². The zero-order chi connectivity index (χ0) is 13.4. The normalized spacial score (nSPS) is 15.8. The number of rotatable bonds is 3. The second-order valence-electron chi connectivity index (χ2n) is 3.81. The summed E-state index contributed by atoms with van der Waals surface area (Å²) in [5, 5.41) is 8.57. The van der Waals surface area contributed by atoms with Gasteiger partial charge < -0.3 is 10.8 Å². The number of benzene rings is 1. The summed E-state index contributed by atoms with van der Waals surface area (Å²) in [5.41, 5.74) is 2.33. The zero-order valence-corrected chi connectivity index (χ0v) is 10.4. The Morgan fingerprint density at radius 1 is 1.29 bits per heavy atom. The number of alkyl halides is 2. The molecule has 0 saturated carbocycles. The van der Waals surface area contributed by atoms with Crippen molar-refractivity contribution in [2.75, 3.05) is 6.61 Å². The lowest BCUT2D eigenvalue weighted by Gasteiger charge is -2.33. The lowest BCUT2D eigenvalue weighted by atomic mass is 9.86. The number of hydrogen-bond donors (Lipinski definition) is 2. The lowest BCUT2D eigenvalue weighted by Crippen LogP contribution is -2.53. The summed E-state index contributed by atoms with van der Waals surface area (Å²) in [4.78, 5) is 0. The molecule has 0 aliphatic rings. The van der Waals surface area contributed by atoms with E-state index in [9.17, 15) is 17.6 Å². The molecule has 17 heavy (non-hydrogen) atoms. The predicted molar refractivity (Wildman–Crippen MR) is 57.6 cm³/mol. The third-order valence-corrected chi connectivity index (χ3v) is 3.14. The van der Waals surface area contributed by atoms with Crippen LogP contribution in [0.5, 0.6) is 0 Å². The highest BCUT2D eigenvalue weighted by molar-refractivity contribution is 9.10. The quantitative estimate of drug-likeness (QED) is 0.665. The van der Waals surface area contributed by atoms with Crippen LogP contribution in [-0.2, 0) is 5.54 Å². The summed E-state index contributed by atoms with van der Waals surface area (Å²) >= 11 is 2.76. The Balaban J connectivity index is 3.38. The monoisotopic (exact) mass is 315 g/mol. The SMILES string of the molecule is CC(N)(c1cc(Br)c(F)cc1F)C(F)(F)CO. The van der Waals surface area contributed by atoms with E-state index in [-0.39, 0.29) is 4.47 Å². The van der Waals surface area contributed by atoms with E-state index in [0.29, 0.717) is 6.07 Å². The fraction of sp³-hybridized carbons (Fsp3) is 0.400. The summed E-state index contributed by atoms with van der Waals surface area (Å²) in [6.07, 6.45) is 0. The van der Waals surface area contributed by atoms with E-state index in [2.05, 4.69) is 15.9 Å². The van der Waals surface area contributed by atoms with E-state index >= 15 is 0 Å². The van der Waals surface area contributed by atoms with Crippen molar-refractivity contribution in [2.24, 2.45) is 5.73 Å². The third kappa shape index (κ3) is 2.46. The molecule has 96 valence electrons. The lowest BCUT2D eigenvalue weighted by molar-refractivity contribution is -0.109. The fourth-order valence-corrected chi connectivity index (χ4v) is 1.63. The van der Waals surface area contributed by atoms with Crippen LogP contribution < -0.4 is 5.73 Å². The molecule has 0 aliphatic carbocycles. The predicted octanol–water partition coefficient (Wildman–Crippen LogP) is 2.53. The van der Waals surface area contributed by atoms with Gasteiger partial charge in [0.15, 0.2) is 0 Å². The molecular formula is C10H10BrF4NO. The van der Waals surface area contributed by atoms with Crippen molar-refractivity contribution in [3.8, 4) is 0 Å². The van der Waals surface area contributed by atoms with Crippen molar-refractivity contribution in [1.29, 1.82) is 0 Å². The standard InChI is InChI=1S/C10H10BrF4NO/c1-9(16,10(14,15)4-17)5-2-6(11)8(13)3-7(5)12/h2-3,17H,4,16H2,1H3. The number of aliphatic hydroxyl groups is 1. The molecule has 1 atom stereocenters. The van der Waals surface area contributed by atoms with Crippen molar-refractivity contribution in [3.63, 3.8) is 0 Å². The van der Waals surface area contributed by atoms with Crippen molar-refractivity contribution in [1.82, 2.24) is 0 Å². The van der Waals surface area contributed by atoms with Gasteiger partial charge in [-0.2, -0.15) is 0 Å². The second-order valence-corrected chi connectivity index (χ2v) is 4.67. The smallest absolute Gasteiger partial charge is 0.292 e. The molecule has 0 amide bonds. The molecule has 3 N–H and O–H groups in total. The molecule has 0 bridgehead atoms. The van der Waals surface area contributed by atoms with Crippen LogP contribution in [0.4, 0.5) is 17.6 Å². The molecule has 1 aromatic rings. The van der Waals surface area contributed by atoms with Crippen LogP contribution in [0.15, 0.2) is 16.6 Å². The van der Waals surface area contributed by atoms with Crippen LogP contribution >= 0.6 is 15.9 Å². The summed E-state index contributed by atoms with van der Waals surface area (Å²) in [6, 6.07) is 1.30. The molecule has 1 aromatic carbocycles. The first-order valence-electron chi connectivity index (χ1n) is 4.56. The highest BCUT2D eigenvalue weighted by Crippen LogP contribution is 2.37. The molecule has 0 heterocycles. The van der Waals surface area contributed by atoms with Gasteiger partial charge in [0.1, 0.15) is 23.8 Å². The Hall–Kier alpha value is -0.660. The first-order valence-corrected chi connectivity index (χ1v) is 5.35. The Bertz CT molecular complexity index is 437. The fourth-order valence-electron chi connectivity index (χ4n) is 1.28. The van der Waals surface area contributed by atoms with Crippen molar-refractivity contribution in [2.45, 2.75) is 18.4 Å². The number of hydrogen-bond acceptors (Lipinski definition) is 2. The summed E-state index contributed by atoms with van der Waals surface area (Å²) in [6.45, 7) is -0.666. The van der Waals surface area contributed by atoms with Gasteiger partial charge in [-0.05, 0) is 28.9 Å². The van der Waals surface area contributed by atoms with Crippen LogP contribution in [0.3, 0.4) is 0 Å². The maximum atomic E-state index is 13.4. The molecule has 7 heteroatoms. The maximum absolute atomic E-state index is 13.4. The molecule has 0 spiro atoms. The van der Waals surface area contributed by atoms with Crippen molar-refractivity contribution < 1.29 is 22.7 Å². The van der Waals surface area contributed by atoms with Crippen molar-refractivity contribution >= 4 is 15.9 Å². The van der Waals surface area contributed by atoms with E-state index in [1.54, 1.807) is 0 Å². The second kappa shape index (κ2) is 4.55. The van der Waals surface area contributed by atoms with Crippen LogP contribution in [0.1, 0.15) is 12.5 Å². The first kappa shape index (κ1) is 14.4. The van der Waals surface area contributed by atoms with Gasteiger partial charge in [-0.15, -0.1) is 0 Å². The van der Waals surface area contributed by atoms with Gasteiger partial charge in [0.05, 0.1) is 4.47 Å². The van der Waals surface area contributed by atoms with E-state index in [4.69, 9.17) is 10.8 Å². The summed E-state index contributed by atoms with van der Waals surface area (Å²) < 4.78 is 53.0. The molecule has 0 radical (unpaired) electrons. The van der Waals surface area contributed by atoms with Crippen LogP contribution in [0.25, 0.3) is 0 Å². The number of halogens is 5. The molecule has 1 rings (SSSR count). The Morgan fingerprint density at radius 2 is 1.82 bits per heavy atom. The summed E-state index contributed by atoms with van der Waals surface area (Å²) in [5.74, 6) is -5.84. The third-order valence-electron chi connectivity index (χ3n) is 2.53. The molecule has 0 saturated heterocycles. The average Bonchev–Trinajstić information content (AvgIpc) is 2.22. The van der Waals surface area contributed by atoms with E-state index in [0.717, 1.165) is 13.0 Å². The first-order chi connectivity index (χ1) is 7.63. The highest BCUT2D eigenvalue weighted by atomic mass is 79.9. The molecule has 0 aliphatic heterocycles. The highest BCUT2D eigenvalue weighted by Gasteiger charge is 2.49. The van der Waals surface area contributed by atoms with E-state index in [1.165, 1.54) is 0 Å². The van der Waals surface area contributed by atoms with Gasteiger partial charge in [-0.1, -0.05) is 0 Å².